The van der Waals surface area contributed by atoms with Gasteiger partial charge >= 0.3 is 0 Å². The fraction of sp³-hybridized carbons (Fsp3) is 0.857. The molecule has 0 aromatic carbocycles. The van der Waals surface area contributed by atoms with E-state index >= 15 is 0 Å². The first kappa shape index (κ1) is 16.3. The summed E-state index contributed by atoms with van der Waals surface area (Å²) in [5.74, 6) is 0.285. The van der Waals surface area contributed by atoms with Crippen LogP contribution in [0, 0.1) is 23.7 Å². The number of hydrogen-bond acceptors (Lipinski definition) is 3. The number of ketones is 2. The van der Waals surface area contributed by atoms with Crippen molar-refractivity contribution in [2.24, 2.45) is 29.4 Å². The Morgan fingerprint density at radius 1 is 0.941 bits per heavy atom. The highest BCUT2D eigenvalue weighted by atomic mass is 16.1. The van der Waals surface area contributed by atoms with E-state index in [2.05, 4.69) is 0 Å². The van der Waals surface area contributed by atoms with Crippen LogP contribution in [0.2, 0.25) is 0 Å². The van der Waals surface area contributed by atoms with Crippen molar-refractivity contribution in [3.63, 3.8) is 0 Å². The van der Waals surface area contributed by atoms with E-state index in [-0.39, 0.29) is 41.7 Å². The molecule has 3 nitrogen and oxygen atoms in total. The zero-order chi connectivity index (χ0) is 13.7. The molecule has 0 heterocycles. The Hall–Kier alpha value is -0.700. The van der Waals surface area contributed by atoms with Gasteiger partial charge in [0.25, 0.3) is 0 Å². The van der Waals surface area contributed by atoms with E-state index in [1.807, 2.05) is 41.5 Å². The smallest absolute Gasteiger partial charge is 0.150 e. The minimum Gasteiger partial charge on any atom is -0.321 e. The summed E-state index contributed by atoms with van der Waals surface area (Å²) in [6, 6.07) is -0.448. The molecule has 0 radical (unpaired) electrons. The van der Waals surface area contributed by atoms with E-state index in [1.165, 1.54) is 0 Å². The molecule has 17 heavy (non-hydrogen) atoms. The molecule has 0 aliphatic rings. The highest BCUT2D eigenvalue weighted by Crippen LogP contribution is 2.22. The normalized spacial score (nSPS) is 15.4. The molecule has 0 saturated carbocycles. The Morgan fingerprint density at radius 2 is 1.41 bits per heavy atom. The second-order valence-electron chi connectivity index (χ2n) is 5.85. The molecule has 3 heteroatoms. The maximum atomic E-state index is 12.0. The van der Waals surface area contributed by atoms with Crippen LogP contribution in [0.25, 0.3) is 0 Å². The zero-order valence-corrected chi connectivity index (χ0v) is 12.0. The average molecular weight is 241 g/mol. The number of rotatable bonds is 7. The second kappa shape index (κ2) is 6.90. The molecule has 0 aromatic rings. The van der Waals surface area contributed by atoms with Gasteiger partial charge in [-0.25, -0.2) is 0 Å². The molecule has 0 amide bonds. The summed E-state index contributed by atoms with van der Waals surface area (Å²) in [4.78, 5) is 24.0. The van der Waals surface area contributed by atoms with Crippen LogP contribution in [0.1, 0.15) is 48.0 Å². The van der Waals surface area contributed by atoms with Crippen molar-refractivity contribution in [1.29, 1.82) is 0 Å². The molecule has 0 saturated heterocycles. The van der Waals surface area contributed by atoms with E-state index in [1.54, 1.807) is 0 Å². The molecule has 0 bridgehead atoms. The highest BCUT2D eigenvalue weighted by Gasteiger charge is 2.29. The Kier molecular flexibility index (Phi) is 6.61. The standard InChI is InChI=1S/C14H27NO2/c1-8(2)11(14(17)10(5)6)7-12(16)13(15)9(3)4/h8-11,13H,7,15H2,1-6H3. The van der Waals surface area contributed by atoms with Crippen molar-refractivity contribution in [3.05, 3.63) is 0 Å². The van der Waals surface area contributed by atoms with Crippen molar-refractivity contribution in [2.45, 2.75) is 54.0 Å². The van der Waals surface area contributed by atoms with Crippen LogP contribution >= 0.6 is 0 Å². The van der Waals surface area contributed by atoms with Gasteiger partial charge in [-0.05, 0) is 11.8 Å². The number of nitrogens with two attached hydrogens (primary N) is 1. The lowest BCUT2D eigenvalue weighted by Gasteiger charge is -2.23. The molecule has 2 unspecified atom stereocenters. The van der Waals surface area contributed by atoms with Gasteiger partial charge in [-0.15, -0.1) is 0 Å². The molecule has 0 spiro atoms. The molecule has 0 aliphatic heterocycles. The summed E-state index contributed by atoms with van der Waals surface area (Å²) in [7, 11) is 0. The second-order valence-corrected chi connectivity index (χ2v) is 5.85. The summed E-state index contributed by atoms with van der Waals surface area (Å²) in [5.41, 5.74) is 5.82. The lowest BCUT2D eigenvalue weighted by molar-refractivity contribution is -0.132. The first-order chi connectivity index (χ1) is 7.68. The predicted octanol–water partition coefficient (Wildman–Crippen LogP) is 2.43. The van der Waals surface area contributed by atoms with Crippen LogP contribution in [0.3, 0.4) is 0 Å². The highest BCUT2D eigenvalue weighted by molar-refractivity contribution is 5.91. The van der Waals surface area contributed by atoms with Gasteiger partial charge in [0.05, 0.1) is 6.04 Å². The van der Waals surface area contributed by atoms with Crippen LogP contribution in [-0.4, -0.2) is 17.6 Å². The van der Waals surface area contributed by atoms with E-state index in [0.29, 0.717) is 0 Å². The van der Waals surface area contributed by atoms with Gasteiger partial charge in [0.2, 0.25) is 0 Å². The molecular weight excluding hydrogens is 214 g/mol. The van der Waals surface area contributed by atoms with Crippen molar-refractivity contribution in [2.75, 3.05) is 0 Å². The lowest BCUT2D eigenvalue weighted by Crippen LogP contribution is -2.39. The summed E-state index contributed by atoms with van der Waals surface area (Å²) < 4.78 is 0. The fourth-order valence-electron chi connectivity index (χ4n) is 1.82. The number of carbonyl (C=O) groups excluding carboxylic acids is 2. The van der Waals surface area contributed by atoms with E-state index in [4.69, 9.17) is 5.73 Å². The van der Waals surface area contributed by atoms with Gasteiger partial charge in [-0.1, -0.05) is 41.5 Å². The molecule has 0 aliphatic carbocycles. The van der Waals surface area contributed by atoms with E-state index < -0.39 is 6.04 Å². The maximum Gasteiger partial charge on any atom is 0.150 e. The van der Waals surface area contributed by atoms with Crippen molar-refractivity contribution < 1.29 is 9.59 Å². The third-order valence-electron chi connectivity index (χ3n) is 3.25. The van der Waals surface area contributed by atoms with Gasteiger partial charge in [-0.2, -0.15) is 0 Å². The number of hydrogen-bond donors (Lipinski definition) is 1. The van der Waals surface area contributed by atoms with Gasteiger partial charge < -0.3 is 5.73 Å². The summed E-state index contributed by atoms with van der Waals surface area (Å²) >= 11 is 0. The summed E-state index contributed by atoms with van der Waals surface area (Å²) in [6.45, 7) is 11.6. The molecule has 2 N–H and O–H groups in total. The SMILES string of the molecule is CC(C)C(=O)C(CC(=O)C(N)C(C)C)C(C)C. The van der Waals surface area contributed by atoms with Crippen LogP contribution in [0.15, 0.2) is 0 Å². The third kappa shape index (κ3) is 4.99. The first-order valence-electron chi connectivity index (χ1n) is 6.50. The fourth-order valence-corrected chi connectivity index (χ4v) is 1.82. The molecular formula is C14H27NO2. The van der Waals surface area contributed by atoms with Crippen molar-refractivity contribution in [3.8, 4) is 0 Å². The Balaban J connectivity index is 4.68. The van der Waals surface area contributed by atoms with Gasteiger partial charge in [0.1, 0.15) is 5.78 Å². The molecule has 0 fully saturated rings. The van der Waals surface area contributed by atoms with Crippen LogP contribution < -0.4 is 5.73 Å². The molecule has 2 atom stereocenters. The largest absolute Gasteiger partial charge is 0.321 e. The maximum absolute atomic E-state index is 12.0. The van der Waals surface area contributed by atoms with Crippen LogP contribution in [0.5, 0.6) is 0 Å². The summed E-state index contributed by atoms with van der Waals surface area (Å²) in [6.07, 6.45) is 0.286. The van der Waals surface area contributed by atoms with Gasteiger partial charge in [0.15, 0.2) is 5.78 Å². The van der Waals surface area contributed by atoms with Gasteiger partial charge in [0, 0.05) is 18.3 Å². The van der Waals surface area contributed by atoms with E-state index in [9.17, 15) is 9.59 Å². The van der Waals surface area contributed by atoms with E-state index in [0.717, 1.165) is 0 Å². The quantitative estimate of drug-likeness (QED) is 0.744. The minimum absolute atomic E-state index is 0.00713. The van der Waals surface area contributed by atoms with Crippen molar-refractivity contribution >= 4 is 11.6 Å². The first-order valence-corrected chi connectivity index (χ1v) is 6.50. The zero-order valence-electron chi connectivity index (χ0n) is 12.0. The molecule has 0 rings (SSSR count). The Labute approximate surface area is 105 Å². The monoisotopic (exact) mass is 241 g/mol. The number of Topliss-reactive ketones (excluding diaryl/α,β-unsaturated/α-hetero) is 2. The molecule has 100 valence electrons. The van der Waals surface area contributed by atoms with Gasteiger partial charge in [-0.3, -0.25) is 9.59 Å². The van der Waals surface area contributed by atoms with Crippen LogP contribution in [-0.2, 0) is 9.59 Å². The van der Waals surface area contributed by atoms with Crippen LogP contribution in [0.4, 0.5) is 0 Å². The Morgan fingerprint density at radius 3 is 1.71 bits per heavy atom. The minimum atomic E-state index is -0.448. The lowest BCUT2D eigenvalue weighted by atomic mass is 9.81. The topological polar surface area (TPSA) is 60.2 Å². The molecule has 0 aromatic heterocycles. The Bertz CT molecular complexity index is 269. The average Bonchev–Trinajstić information content (AvgIpc) is 2.22. The van der Waals surface area contributed by atoms with Crippen molar-refractivity contribution in [1.82, 2.24) is 0 Å². The number of carbonyl (C=O) groups is 2. The summed E-state index contributed by atoms with van der Waals surface area (Å²) in [5, 5.41) is 0. The predicted molar refractivity (Wildman–Crippen MR) is 70.6 cm³/mol. The third-order valence-corrected chi connectivity index (χ3v) is 3.25.